The van der Waals surface area contributed by atoms with Gasteiger partial charge in [0.1, 0.15) is 5.78 Å². The zero-order valence-corrected chi connectivity index (χ0v) is 11.8. The van der Waals surface area contributed by atoms with E-state index >= 15 is 0 Å². The molecule has 0 spiro atoms. The molecule has 102 valence electrons. The summed E-state index contributed by atoms with van der Waals surface area (Å²) in [7, 11) is -3.32. The number of ketones is 1. The van der Waals surface area contributed by atoms with Gasteiger partial charge in [-0.1, -0.05) is 13.8 Å². The van der Waals surface area contributed by atoms with Crippen molar-refractivity contribution >= 4 is 15.8 Å². The molecule has 0 unspecified atom stereocenters. The van der Waals surface area contributed by atoms with Crippen molar-refractivity contribution < 1.29 is 13.2 Å². The quantitative estimate of drug-likeness (QED) is 0.842. The number of rotatable bonds is 4. The van der Waals surface area contributed by atoms with Crippen LogP contribution in [-0.4, -0.2) is 26.0 Å². The van der Waals surface area contributed by atoms with E-state index in [1.54, 1.807) is 0 Å². The van der Waals surface area contributed by atoms with Crippen LogP contribution in [0.5, 0.6) is 0 Å². The minimum Gasteiger partial charge on any atom is -0.299 e. The smallest absolute Gasteiger partial charge is 0.212 e. The lowest BCUT2D eigenvalue weighted by Gasteiger charge is -2.36. The summed E-state index contributed by atoms with van der Waals surface area (Å²) in [6.45, 7) is 4.14. The summed E-state index contributed by atoms with van der Waals surface area (Å²) in [4.78, 5) is 12.3. The van der Waals surface area contributed by atoms with Crippen molar-refractivity contribution in [1.29, 1.82) is 0 Å². The Morgan fingerprint density at radius 2 is 1.94 bits per heavy atom. The highest BCUT2D eigenvalue weighted by Gasteiger charge is 2.65. The molecule has 3 aliphatic carbocycles. The Bertz CT molecular complexity index is 492. The maximum absolute atomic E-state index is 12.3. The van der Waals surface area contributed by atoms with E-state index in [-0.39, 0.29) is 23.0 Å². The first-order valence-corrected chi connectivity index (χ1v) is 8.45. The van der Waals surface area contributed by atoms with Gasteiger partial charge in [-0.25, -0.2) is 13.1 Å². The van der Waals surface area contributed by atoms with Crippen molar-refractivity contribution in [3.8, 4) is 0 Å². The third-order valence-corrected chi connectivity index (χ3v) is 7.06. The first-order chi connectivity index (χ1) is 8.27. The van der Waals surface area contributed by atoms with E-state index in [0.717, 1.165) is 25.7 Å². The number of Topliss-reactive ketones (excluding diaryl/α,β-unsaturated/α-hetero) is 1. The molecule has 0 aromatic carbocycles. The Balaban J connectivity index is 1.88. The second kappa shape index (κ2) is 3.57. The highest BCUT2D eigenvalue weighted by molar-refractivity contribution is 7.89. The second-order valence-corrected chi connectivity index (χ2v) is 8.57. The fourth-order valence-corrected chi connectivity index (χ4v) is 6.08. The summed E-state index contributed by atoms with van der Waals surface area (Å²) < 4.78 is 27.1. The van der Waals surface area contributed by atoms with Crippen molar-refractivity contribution in [1.82, 2.24) is 4.72 Å². The summed E-state index contributed by atoms with van der Waals surface area (Å²) in [5.41, 5.74) is -0.791. The molecule has 1 N–H and O–H groups in total. The topological polar surface area (TPSA) is 63.2 Å². The van der Waals surface area contributed by atoms with Gasteiger partial charge in [0.15, 0.2) is 0 Å². The van der Waals surface area contributed by atoms with Crippen LogP contribution in [0.2, 0.25) is 0 Å². The Labute approximate surface area is 109 Å². The lowest BCUT2D eigenvalue weighted by atomic mass is 9.70. The van der Waals surface area contributed by atoms with Crippen LogP contribution in [0.3, 0.4) is 0 Å². The molecule has 5 heteroatoms. The van der Waals surface area contributed by atoms with Crippen molar-refractivity contribution in [2.45, 2.75) is 52.0 Å². The maximum atomic E-state index is 12.3. The molecule has 0 aliphatic heterocycles. The fourth-order valence-electron chi connectivity index (χ4n) is 3.93. The van der Waals surface area contributed by atoms with Gasteiger partial charge in [0.25, 0.3) is 0 Å². The lowest BCUT2D eigenvalue weighted by molar-refractivity contribution is -0.128. The number of sulfonamides is 1. The van der Waals surface area contributed by atoms with E-state index in [1.807, 2.05) is 0 Å². The highest BCUT2D eigenvalue weighted by Crippen LogP contribution is 2.64. The zero-order valence-electron chi connectivity index (χ0n) is 11.0. The van der Waals surface area contributed by atoms with Crippen molar-refractivity contribution in [2.75, 3.05) is 5.75 Å². The number of hydrogen-bond acceptors (Lipinski definition) is 3. The van der Waals surface area contributed by atoms with E-state index in [2.05, 4.69) is 18.6 Å². The molecule has 2 bridgehead atoms. The summed E-state index contributed by atoms with van der Waals surface area (Å²) >= 11 is 0. The minimum absolute atomic E-state index is 0.00116. The van der Waals surface area contributed by atoms with E-state index in [1.165, 1.54) is 0 Å². The molecule has 2 atom stereocenters. The number of fused-ring (bicyclic) bond motifs is 2. The molecule has 18 heavy (non-hydrogen) atoms. The molecule has 0 amide bonds. The average molecular weight is 271 g/mol. The molecular formula is C13H21NO3S. The Hall–Kier alpha value is -0.420. The summed E-state index contributed by atoms with van der Waals surface area (Å²) in [6, 6.07) is 0.128. The number of nitrogens with one attached hydrogen (secondary N) is 1. The number of hydrogen-bond donors (Lipinski definition) is 1. The van der Waals surface area contributed by atoms with Crippen molar-refractivity contribution in [3.05, 3.63) is 0 Å². The maximum Gasteiger partial charge on any atom is 0.212 e. The lowest BCUT2D eigenvalue weighted by Crippen LogP contribution is -2.45. The monoisotopic (exact) mass is 271 g/mol. The van der Waals surface area contributed by atoms with Crippen LogP contribution < -0.4 is 4.72 Å². The third kappa shape index (κ3) is 1.67. The van der Waals surface area contributed by atoms with Gasteiger partial charge in [0.2, 0.25) is 10.0 Å². The zero-order chi connectivity index (χ0) is 13.2. The third-order valence-electron chi connectivity index (χ3n) is 5.50. The van der Waals surface area contributed by atoms with Crippen LogP contribution in [0.1, 0.15) is 46.0 Å². The first kappa shape index (κ1) is 12.6. The predicted molar refractivity (Wildman–Crippen MR) is 68.5 cm³/mol. The van der Waals surface area contributed by atoms with Crippen LogP contribution >= 0.6 is 0 Å². The Morgan fingerprint density at radius 1 is 1.28 bits per heavy atom. The van der Waals surface area contributed by atoms with Crippen LogP contribution in [-0.2, 0) is 14.8 Å². The fraction of sp³-hybridized carbons (Fsp3) is 0.923. The van der Waals surface area contributed by atoms with Crippen molar-refractivity contribution in [2.24, 2.45) is 16.7 Å². The predicted octanol–water partition coefficient (Wildman–Crippen LogP) is 1.46. The number of carbonyl (C=O) groups excluding carboxylic acids is 1. The minimum atomic E-state index is -3.32. The standard InChI is InChI=1S/C13H21NO3S/c1-12(2)9-5-6-13(12,11(15)7-9)8-18(16,17)14-10-3-4-10/h9-10,14H,3-8H2,1-2H3/t9-,13+/m0/s1. The van der Waals surface area contributed by atoms with Crippen molar-refractivity contribution in [3.63, 3.8) is 0 Å². The number of carbonyl (C=O) groups is 1. The van der Waals surface area contributed by atoms with Crippen LogP contribution in [0.4, 0.5) is 0 Å². The van der Waals surface area contributed by atoms with Crippen LogP contribution in [0.15, 0.2) is 0 Å². The molecule has 0 aromatic heterocycles. The molecule has 4 nitrogen and oxygen atoms in total. The molecule has 0 heterocycles. The van der Waals surface area contributed by atoms with E-state index < -0.39 is 15.4 Å². The van der Waals surface area contributed by atoms with E-state index in [4.69, 9.17) is 0 Å². The van der Waals surface area contributed by atoms with E-state index in [9.17, 15) is 13.2 Å². The summed E-state index contributed by atoms with van der Waals surface area (Å²) in [5.74, 6) is 0.546. The van der Waals surface area contributed by atoms with Gasteiger partial charge in [-0.2, -0.15) is 0 Å². The van der Waals surface area contributed by atoms with Gasteiger partial charge in [-0.15, -0.1) is 0 Å². The first-order valence-electron chi connectivity index (χ1n) is 6.80. The van der Waals surface area contributed by atoms with Crippen LogP contribution in [0.25, 0.3) is 0 Å². The second-order valence-electron chi connectivity index (χ2n) is 6.82. The van der Waals surface area contributed by atoms with Gasteiger partial charge < -0.3 is 0 Å². The molecule has 0 radical (unpaired) electrons. The molecule has 3 fully saturated rings. The summed E-state index contributed by atoms with van der Waals surface area (Å²) in [5, 5.41) is 0. The van der Waals surface area contributed by atoms with Gasteiger partial charge in [0.05, 0.1) is 5.75 Å². The van der Waals surface area contributed by atoms with Crippen LogP contribution in [0, 0.1) is 16.7 Å². The van der Waals surface area contributed by atoms with E-state index in [0.29, 0.717) is 12.3 Å². The summed E-state index contributed by atoms with van der Waals surface area (Å²) in [6.07, 6.45) is 4.19. The Morgan fingerprint density at radius 3 is 2.39 bits per heavy atom. The van der Waals surface area contributed by atoms with Gasteiger partial charge >= 0.3 is 0 Å². The molecular weight excluding hydrogens is 250 g/mol. The normalized spacial score (nSPS) is 38.3. The average Bonchev–Trinajstić information content (AvgIpc) is 2.96. The largest absolute Gasteiger partial charge is 0.299 e. The molecule has 0 saturated heterocycles. The SMILES string of the molecule is CC1(C)[C@H]2CC[C@@]1(CS(=O)(=O)NC1CC1)C(=O)C2. The molecule has 3 saturated carbocycles. The Kier molecular flexibility index (Phi) is 2.50. The highest BCUT2D eigenvalue weighted by atomic mass is 32.2. The molecule has 3 rings (SSSR count). The van der Waals surface area contributed by atoms with Gasteiger partial charge in [0, 0.05) is 17.9 Å². The van der Waals surface area contributed by atoms with Gasteiger partial charge in [-0.3, -0.25) is 4.79 Å². The van der Waals surface area contributed by atoms with Gasteiger partial charge in [-0.05, 0) is 37.0 Å². The molecule has 3 aliphatic rings. The molecule has 0 aromatic rings.